The van der Waals surface area contributed by atoms with Gasteiger partial charge in [-0.25, -0.2) is 4.90 Å². The molecule has 0 saturated carbocycles. The van der Waals surface area contributed by atoms with Gasteiger partial charge in [0.25, 0.3) is 11.8 Å². The van der Waals surface area contributed by atoms with Crippen LogP contribution in [0.2, 0.25) is 0 Å². The number of hydrogen-bond acceptors (Lipinski definition) is 5. The van der Waals surface area contributed by atoms with Gasteiger partial charge < -0.3 is 15.4 Å². The molecule has 3 aromatic rings. The van der Waals surface area contributed by atoms with E-state index in [1.165, 1.54) is 25.1 Å². The summed E-state index contributed by atoms with van der Waals surface area (Å²) in [6.45, 7) is 1.37. The van der Waals surface area contributed by atoms with E-state index >= 15 is 0 Å². The maximum atomic E-state index is 13.2. The lowest BCUT2D eigenvalue weighted by atomic mass is 9.80. The minimum Gasteiger partial charge on any atom is -0.423 e. The number of anilines is 2. The van der Waals surface area contributed by atoms with E-state index in [0.717, 1.165) is 4.90 Å². The Hall–Kier alpha value is -3.49. The molecule has 0 atom stereocenters. The first kappa shape index (κ1) is 17.9. The highest BCUT2D eigenvalue weighted by atomic mass is 16.4. The Morgan fingerprint density at radius 3 is 2.39 bits per heavy atom. The van der Waals surface area contributed by atoms with E-state index in [0.29, 0.717) is 22.0 Å². The Kier molecular flexibility index (Phi) is 4.22. The van der Waals surface area contributed by atoms with Crippen LogP contribution in [0.4, 0.5) is 11.4 Å². The van der Waals surface area contributed by atoms with Crippen molar-refractivity contribution in [1.82, 2.24) is 0 Å². The Labute approximate surface area is 160 Å². The summed E-state index contributed by atoms with van der Waals surface area (Å²) >= 11 is 0. The van der Waals surface area contributed by atoms with E-state index in [-0.39, 0.29) is 22.6 Å². The lowest BCUT2D eigenvalue weighted by Gasteiger charge is -2.28. The number of carbonyl (C=O) groups is 3. The number of benzene rings is 3. The second kappa shape index (κ2) is 6.59. The molecule has 1 aliphatic heterocycles. The van der Waals surface area contributed by atoms with Crippen LogP contribution >= 0.6 is 0 Å². The number of hydrogen-bond donors (Lipinski definition) is 3. The summed E-state index contributed by atoms with van der Waals surface area (Å²) in [5.41, 5.74) is 1.49. The van der Waals surface area contributed by atoms with Crippen molar-refractivity contribution < 1.29 is 24.4 Å². The maximum absolute atomic E-state index is 13.2. The number of rotatable bonds is 3. The molecule has 138 valence electrons. The Morgan fingerprint density at radius 1 is 0.964 bits per heavy atom. The molecule has 3 N–H and O–H groups in total. The molecule has 1 heterocycles. The zero-order chi connectivity index (χ0) is 20.0. The van der Waals surface area contributed by atoms with E-state index in [9.17, 15) is 24.4 Å². The number of imide groups is 1. The summed E-state index contributed by atoms with van der Waals surface area (Å²) in [6, 6.07) is 14.3. The highest BCUT2D eigenvalue weighted by Crippen LogP contribution is 2.34. The van der Waals surface area contributed by atoms with E-state index in [4.69, 9.17) is 0 Å². The van der Waals surface area contributed by atoms with Gasteiger partial charge in [-0.2, -0.15) is 0 Å². The fraction of sp³-hybridized carbons (Fsp3) is 0.0500. The Bertz CT molecular complexity index is 1160. The number of carbonyl (C=O) groups excluding carboxylic acids is 3. The SMILES string of the molecule is CC(=O)Nc1cc2c3c(cccc3c1)C(=O)N(c1cccc(B(O)O)c1)C2=O. The predicted octanol–water partition coefficient (Wildman–Crippen LogP) is 1.28. The zero-order valence-electron chi connectivity index (χ0n) is 14.8. The van der Waals surface area contributed by atoms with Crippen molar-refractivity contribution in [3.05, 3.63) is 65.7 Å². The molecule has 28 heavy (non-hydrogen) atoms. The second-order valence-corrected chi connectivity index (χ2v) is 6.52. The summed E-state index contributed by atoms with van der Waals surface area (Å²) in [4.78, 5) is 38.7. The first-order valence-corrected chi connectivity index (χ1v) is 8.56. The smallest absolute Gasteiger partial charge is 0.423 e. The molecule has 0 unspecified atom stereocenters. The molecule has 0 saturated heterocycles. The summed E-state index contributed by atoms with van der Waals surface area (Å²) in [5.74, 6) is -1.33. The third kappa shape index (κ3) is 2.85. The third-order valence-electron chi connectivity index (χ3n) is 4.59. The van der Waals surface area contributed by atoms with E-state index in [2.05, 4.69) is 5.32 Å². The molecule has 0 aliphatic carbocycles. The zero-order valence-corrected chi connectivity index (χ0v) is 14.8. The van der Waals surface area contributed by atoms with Crippen LogP contribution in [-0.4, -0.2) is 34.9 Å². The fourth-order valence-corrected chi connectivity index (χ4v) is 3.44. The van der Waals surface area contributed by atoms with Crippen molar-refractivity contribution in [2.75, 3.05) is 10.2 Å². The normalized spacial score (nSPS) is 13.0. The van der Waals surface area contributed by atoms with Crippen molar-refractivity contribution in [3.63, 3.8) is 0 Å². The van der Waals surface area contributed by atoms with E-state index < -0.39 is 18.9 Å². The highest BCUT2D eigenvalue weighted by Gasteiger charge is 2.34. The molecular formula is C20H15BN2O5. The van der Waals surface area contributed by atoms with E-state index in [1.54, 1.807) is 36.4 Å². The summed E-state index contributed by atoms with van der Waals surface area (Å²) in [6.07, 6.45) is 0. The highest BCUT2D eigenvalue weighted by molar-refractivity contribution is 6.58. The molecule has 0 bridgehead atoms. The molecule has 1 aliphatic rings. The topological polar surface area (TPSA) is 107 Å². The molecule has 8 heteroatoms. The van der Waals surface area contributed by atoms with Crippen LogP contribution in [-0.2, 0) is 4.79 Å². The average molecular weight is 374 g/mol. The summed E-state index contributed by atoms with van der Waals surface area (Å²) < 4.78 is 0. The van der Waals surface area contributed by atoms with Gasteiger partial charge in [-0.3, -0.25) is 14.4 Å². The summed E-state index contributed by atoms with van der Waals surface area (Å²) in [5, 5.41) is 22.7. The van der Waals surface area contributed by atoms with Crippen molar-refractivity contribution in [2.45, 2.75) is 6.92 Å². The predicted molar refractivity (Wildman–Crippen MR) is 106 cm³/mol. The first-order chi connectivity index (χ1) is 13.4. The van der Waals surface area contributed by atoms with Crippen LogP contribution in [0, 0.1) is 0 Å². The van der Waals surface area contributed by atoms with Gasteiger partial charge in [0.1, 0.15) is 0 Å². The van der Waals surface area contributed by atoms with Crippen LogP contribution < -0.4 is 15.7 Å². The van der Waals surface area contributed by atoms with Gasteiger partial charge in [0.2, 0.25) is 5.91 Å². The van der Waals surface area contributed by atoms with Gasteiger partial charge in [0.05, 0.1) is 11.3 Å². The quantitative estimate of drug-likeness (QED) is 0.473. The van der Waals surface area contributed by atoms with Crippen molar-refractivity contribution in [3.8, 4) is 0 Å². The standard InChI is InChI=1S/C20H15BN2O5/c1-11(24)22-14-8-12-4-2-7-16-18(12)17(10-14)20(26)23(19(16)25)15-6-3-5-13(9-15)21(27)28/h2-10,27-28H,1H3,(H,22,24). The molecule has 0 fully saturated rings. The largest absolute Gasteiger partial charge is 0.488 e. The lowest BCUT2D eigenvalue weighted by molar-refractivity contribution is -0.114. The van der Waals surface area contributed by atoms with Gasteiger partial charge in [0, 0.05) is 23.6 Å². The fourth-order valence-electron chi connectivity index (χ4n) is 3.44. The van der Waals surface area contributed by atoms with Crippen LogP contribution in [0.3, 0.4) is 0 Å². The Morgan fingerprint density at radius 2 is 1.68 bits per heavy atom. The summed E-state index contributed by atoms with van der Waals surface area (Å²) in [7, 11) is -1.72. The number of nitrogens with zero attached hydrogens (tertiary/aromatic N) is 1. The molecule has 4 rings (SSSR count). The molecule has 7 nitrogen and oxygen atoms in total. The van der Waals surface area contributed by atoms with Crippen LogP contribution in [0.5, 0.6) is 0 Å². The van der Waals surface area contributed by atoms with E-state index in [1.807, 2.05) is 0 Å². The van der Waals surface area contributed by atoms with Gasteiger partial charge in [-0.15, -0.1) is 0 Å². The van der Waals surface area contributed by atoms with Crippen molar-refractivity contribution in [1.29, 1.82) is 0 Å². The van der Waals surface area contributed by atoms with Gasteiger partial charge in [-0.05, 0) is 41.2 Å². The lowest BCUT2D eigenvalue weighted by Crippen LogP contribution is -2.41. The third-order valence-corrected chi connectivity index (χ3v) is 4.59. The minimum absolute atomic E-state index is 0.161. The van der Waals surface area contributed by atoms with Crippen LogP contribution in [0.15, 0.2) is 54.6 Å². The average Bonchev–Trinajstić information content (AvgIpc) is 2.65. The first-order valence-electron chi connectivity index (χ1n) is 8.56. The van der Waals surface area contributed by atoms with Crippen LogP contribution in [0.25, 0.3) is 10.8 Å². The molecule has 0 radical (unpaired) electrons. The molecule has 0 aromatic heterocycles. The van der Waals surface area contributed by atoms with Gasteiger partial charge in [-0.1, -0.05) is 24.3 Å². The minimum atomic E-state index is -1.72. The second-order valence-electron chi connectivity index (χ2n) is 6.52. The maximum Gasteiger partial charge on any atom is 0.488 e. The molecule has 3 aromatic carbocycles. The van der Waals surface area contributed by atoms with Gasteiger partial charge >= 0.3 is 7.12 Å². The molecule has 0 spiro atoms. The molecule has 3 amide bonds. The van der Waals surface area contributed by atoms with Crippen molar-refractivity contribution >= 4 is 52.4 Å². The van der Waals surface area contributed by atoms with Crippen LogP contribution in [0.1, 0.15) is 27.6 Å². The van der Waals surface area contributed by atoms with Crippen molar-refractivity contribution in [2.24, 2.45) is 0 Å². The Balaban J connectivity index is 1.92. The molecular weight excluding hydrogens is 359 g/mol. The van der Waals surface area contributed by atoms with Gasteiger partial charge in [0.15, 0.2) is 0 Å². The number of nitrogens with one attached hydrogen (secondary N) is 1. The number of amides is 3. The monoisotopic (exact) mass is 374 g/mol.